The van der Waals surface area contributed by atoms with E-state index in [4.69, 9.17) is 4.74 Å². The van der Waals surface area contributed by atoms with Gasteiger partial charge in [-0.25, -0.2) is 12.8 Å². The maximum absolute atomic E-state index is 13.7. The number of benzene rings is 1. The van der Waals surface area contributed by atoms with Gasteiger partial charge in [-0.1, -0.05) is 0 Å². The van der Waals surface area contributed by atoms with E-state index in [0.29, 0.717) is 18.9 Å². The lowest BCUT2D eigenvalue weighted by Gasteiger charge is -2.26. The van der Waals surface area contributed by atoms with E-state index in [9.17, 15) is 12.8 Å². The van der Waals surface area contributed by atoms with E-state index in [0.717, 1.165) is 6.07 Å². The first-order chi connectivity index (χ1) is 8.55. The van der Waals surface area contributed by atoms with Gasteiger partial charge in [-0.3, -0.25) is 0 Å². The smallest absolute Gasteiger partial charge is 0.246 e. The number of halogens is 1. The molecule has 5 nitrogen and oxygen atoms in total. The molecule has 0 saturated carbocycles. The van der Waals surface area contributed by atoms with Crippen molar-refractivity contribution in [2.45, 2.75) is 4.90 Å². The summed E-state index contributed by atoms with van der Waals surface area (Å²) in [6, 6.07) is 3.95. The van der Waals surface area contributed by atoms with Crippen LogP contribution in [0.1, 0.15) is 0 Å². The second-order valence-electron chi connectivity index (χ2n) is 3.91. The number of rotatable bonds is 3. The molecule has 1 fully saturated rings. The van der Waals surface area contributed by atoms with E-state index < -0.39 is 15.8 Å². The third kappa shape index (κ3) is 2.47. The summed E-state index contributed by atoms with van der Waals surface area (Å²) in [6.45, 7) is 1.19. The first kappa shape index (κ1) is 13.3. The number of anilines is 1. The van der Waals surface area contributed by atoms with Gasteiger partial charge in [-0.05, 0) is 18.2 Å². The number of sulfonamides is 1. The van der Waals surface area contributed by atoms with Gasteiger partial charge in [-0.2, -0.15) is 4.31 Å². The zero-order chi connectivity index (χ0) is 13.2. The Morgan fingerprint density at radius 2 is 2.00 bits per heavy atom. The molecule has 0 atom stereocenters. The van der Waals surface area contributed by atoms with Crippen LogP contribution in [0.15, 0.2) is 23.1 Å². The monoisotopic (exact) mass is 274 g/mol. The quantitative estimate of drug-likeness (QED) is 0.889. The van der Waals surface area contributed by atoms with E-state index in [2.05, 4.69) is 5.32 Å². The summed E-state index contributed by atoms with van der Waals surface area (Å²) in [5, 5.41) is 2.80. The Hall–Kier alpha value is -1.18. The molecule has 0 aliphatic carbocycles. The maximum atomic E-state index is 13.7. The lowest BCUT2D eigenvalue weighted by Crippen LogP contribution is -2.40. The molecule has 18 heavy (non-hydrogen) atoms. The largest absolute Gasteiger partial charge is 0.388 e. The average molecular weight is 274 g/mol. The maximum Gasteiger partial charge on any atom is 0.246 e. The Bertz CT molecular complexity index is 527. The summed E-state index contributed by atoms with van der Waals surface area (Å²) in [5.41, 5.74) is 0.559. The summed E-state index contributed by atoms with van der Waals surface area (Å²) in [4.78, 5) is -0.295. The number of nitrogens with zero attached hydrogens (tertiary/aromatic N) is 1. The molecule has 0 unspecified atom stereocenters. The zero-order valence-corrected chi connectivity index (χ0v) is 10.8. The van der Waals surface area contributed by atoms with Crippen LogP contribution in [0, 0.1) is 5.82 Å². The Labute approximate surface area is 106 Å². The van der Waals surface area contributed by atoms with Crippen LogP contribution in [0.5, 0.6) is 0 Å². The van der Waals surface area contributed by atoms with Crippen LogP contribution in [0.2, 0.25) is 0 Å². The predicted octanol–water partition coefficient (Wildman–Crippen LogP) is 0.888. The highest BCUT2D eigenvalue weighted by Gasteiger charge is 2.29. The number of hydrogen-bond donors (Lipinski definition) is 1. The molecule has 7 heteroatoms. The number of morpholine rings is 1. The Morgan fingerprint density at radius 3 is 2.61 bits per heavy atom. The van der Waals surface area contributed by atoms with Crippen LogP contribution in [-0.2, 0) is 14.8 Å². The van der Waals surface area contributed by atoms with Crippen molar-refractivity contribution in [3.05, 3.63) is 24.0 Å². The Balaban J connectivity index is 2.39. The van der Waals surface area contributed by atoms with Crippen molar-refractivity contribution < 1.29 is 17.5 Å². The molecule has 0 radical (unpaired) electrons. The molecular formula is C11H15FN2O3S. The molecule has 1 N–H and O–H groups in total. The molecular weight excluding hydrogens is 259 g/mol. The molecule has 1 heterocycles. The predicted molar refractivity (Wildman–Crippen MR) is 65.5 cm³/mol. The van der Waals surface area contributed by atoms with Gasteiger partial charge >= 0.3 is 0 Å². The van der Waals surface area contributed by atoms with Gasteiger partial charge in [0.2, 0.25) is 10.0 Å². The van der Waals surface area contributed by atoms with Gasteiger partial charge in [-0.15, -0.1) is 0 Å². The second-order valence-corrected chi connectivity index (χ2v) is 5.82. The van der Waals surface area contributed by atoms with Gasteiger partial charge in [0, 0.05) is 25.8 Å². The summed E-state index contributed by atoms with van der Waals surface area (Å²) in [5.74, 6) is -0.736. The fourth-order valence-electron chi connectivity index (χ4n) is 1.78. The van der Waals surface area contributed by atoms with Crippen LogP contribution in [0.3, 0.4) is 0 Å². The summed E-state index contributed by atoms with van der Waals surface area (Å²) < 4.78 is 44.6. The number of hydrogen-bond acceptors (Lipinski definition) is 4. The Kier molecular flexibility index (Phi) is 3.84. The zero-order valence-electron chi connectivity index (χ0n) is 10.0. The number of ether oxygens (including phenoxy) is 1. The van der Waals surface area contributed by atoms with Gasteiger partial charge < -0.3 is 10.1 Å². The fourth-order valence-corrected chi connectivity index (χ4v) is 3.28. The second kappa shape index (κ2) is 5.21. The highest BCUT2D eigenvalue weighted by Crippen LogP contribution is 2.23. The van der Waals surface area contributed by atoms with Crippen molar-refractivity contribution in [3.63, 3.8) is 0 Å². The van der Waals surface area contributed by atoms with Gasteiger partial charge in [0.05, 0.1) is 13.2 Å². The van der Waals surface area contributed by atoms with Crippen LogP contribution >= 0.6 is 0 Å². The van der Waals surface area contributed by atoms with E-state index >= 15 is 0 Å². The minimum absolute atomic E-state index is 0.256. The van der Waals surface area contributed by atoms with Gasteiger partial charge in [0.1, 0.15) is 10.7 Å². The minimum Gasteiger partial charge on any atom is -0.388 e. The van der Waals surface area contributed by atoms with Crippen molar-refractivity contribution in [3.8, 4) is 0 Å². The molecule has 1 aliphatic rings. The van der Waals surface area contributed by atoms with Crippen molar-refractivity contribution in [1.82, 2.24) is 4.31 Å². The molecule has 0 aromatic heterocycles. The van der Waals surface area contributed by atoms with Crippen LogP contribution in [-0.4, -0.2) is 46.1 Å². The summed E-state index contributed by atoms with van der Waals surface area (Å²) >= 11 is 0. The lowest BCUT2D eigenvalue weighted by atomic mass is 10.3. The molecule has 1 saturated heterocycles. The van der Waals surface area contributed by atoms with Crippen molar-refractivity contribution in [2.75, 3.05) is 38.7 Å². The topological polar surface area (TPSA) is 58.6 Å². The van der Waals surface area contributed by atoms with Crippen LogP contribution < -0.4 is 5.32 Å². The molecule has 0 bridgehead atoms. The minimum atomic E-state index is -3.79. The third-order valence-electron chi connectivity index (χ3n) is 2.81. The molecule has 0 amide bonds. The number of nitrogens with one attached hydrogen (secondary N) is 1. The summed E-state index contributed by atoms with van der Waals surface area (Å²) in [6.07, 6.45) is 0. The van der Waals surface area contributed by atoms with Crippen molar-refractivity contribution in [2.24, 2.45) is 0 Å². The highest BCUT2D eigenvalue weighted by atomic mass is 32.2. The van der Waals surface area contributed by atoms with Crippen LogP contribution in [0.4, 0.5) is 10.1 Å². The van der Waals surface area contributed by atoms with E-state index in [1.807, 2.05) is 0 Å². The molecule has 1 aliphatic heterocycles. The lowest BCUT2D eigenvalue weighted by molar-refractivity contribution is 0.0729. The first-order valence-corrected chi connectivity index (χ1v) is 7.05. The molecule has 0 spiro atoms. The van der Waals surface area contributed by atoms with Crippen LogP contribution in [0.25, 0.3) is 0 Å². The summed E-state index contributed by atoms with van der Waals surface area (Å²) in [7, 11) is -2.14. The normalized spacial score (nSPS) is 17.7. The molecule has 100 valence electrons. The van der Waals surface area contributed by atoms with E-state index in [1.165, 1.54) is 16.4 Å². The van der Waals surface area contributed by atoms with Crippen molar-refractivity contribution >= 4 is 15.7 Å². The first-order valence-electron chi connectivity index (χ1n) is 5.61. The molecule has 1 aromatic rings. The van der Waals surface area contributed by atoms with Gasteiger partial charge in [0.15, 0.2) is 0 Å². The average Bonchev–Trinajstić information content (AvgIpc) is 2.40. The fraction of sp³-hybridized carbons (Fsp3) is 0.455. The molecule has 2 rings (SSSR count). The Morgan fingerprint density at radius 1 is 1.33 bits per heavy atom. The third-order valence-corrected chi connectivity index (χ3v) is 4.72. The molecule has 1 aromatic carbocycles. The highest BCUT2D eigenvalue weighted by molar-refractivity contribution is 7.89. The SMILES string of the molecule is CNc1ccc(F)c(S(=O)(=O)N2CCOCC2)c1. The van der Waals surface area contributed by atoms with Crippen molar-refractivity contribution in [1.29, 1.82) is 0 Å². The van der Waals surface area contributed by atoms with E-state index in [-0.39, 0.29) is 18.0 Å². The van der Waals surface area contributed by atoms with E-state index in [1.54, 1.807) is 7.05 Å². The van der Waals surface area contributed by atoms with Gasteiger partial charge in [0.25, 0.3) is 0 Å². The standard InChI is InChI=1S/C11H15FN2O3S/c1-13-9-2-3-10(12)11(8-9)18(15,16)14-4-6-17-7-5-14/h2-3,8,13H,4-7H2,1H3.